The molecule has 1 rings (SSSR count). The monoisotopic (exact) mass is 207 g/mol. The molecule has 0 saturated carbocycles. The van der Waals surface area contributed by atoms with Gasteiger partial charge in [-0.05, 0) is 12.2 Å². The van der Waals surface area contributed by atoms with E-state index in [1.165, 1.54) is 6.08 Å². The summed E-state index contributed by atoms with van der Waals surface area (Å²) >= 11 is 0. The molecule has 1 aliphatic rings. The van der Waals surface area contributed by atoms with Crippen molar-refractivity contribution in [2.45, 2.75) is 19.9 Å². The van der Waals surface area contributed by atoms with Crippen LogP contribution in [0.3, 0.4) is 0 Å². The van der Waals surface area contributed by atoms with Crippen LogP contribution in [0.15, 0.2) is 23.8 Å². The highest BCUT2D eigenvalue weighted by molar-refractivity contribution is 6.47. The van der Waals surface area contributed by atoms with Gasteiger partial charge in [-0.15, -0.1) is 0 Å². The van der Waals surface area contributed by atoms with Crippen molar-refractivity contribution in [1.29, 1.82) is 0 Å². The van der Waals surface area contributed by atoms with E-state index in [9.17, 15) is 14.4 Å². The van der Waals surface area contributed by atoms with Crippen LogP contribution in [0.2, 0.25) is 0 Å². The van der Waals surface area contributed by atoms with Crippen molar-refractivity contribution in [3.8, 4) is 0 Å². The maximum atomic E-state index is 11.5. The largest absolute Gasteiger partial charge is 0.307 e. The molecule has 0 bridgehead atoms. The quantitative estimate of drug-likeness (QED) is 0.528. The van der Waals surface area contributed by atoms with Crippen LogP contribution >= 0.6 is 0 Å². The summed E-state index contributed by atoms with van der Waals surface area (Å²) in [5.74, 6) is -1.39. The Balaban J connectivity index is 2.62. The summed E-state index contributed by atoms with van der Waals surface area (Å²) in [4.78, 5) is 33.3. The Morgan fingerprint density at radius 1 is 1.27 bits per heavy atom. The Hall–Kier alpha value is -1.55. The van der Waals surface area contributed by atoms with Crippen molar-refractivity contribution < 1.29 is 14.4 Å². The first-order valence-electron chi connectivity index (χ1n) is 4.75. The lowest BCUT2D eigenvalue weighted by molar-refractivity contribution is -0.131. The van der Waals surface area contributed by atoms with Crippen LogP contribution in [0.5, 0.6) is 0 Å². The third-order valence-corrected chi connectivity index (χ3v) is 1.94. The maximum absolute atomic E-state index is 11.5. The number of ketones is 3. The zero-order valence-electron chi connectivity index (χ0n) is 8.74. The van der Waals surface area contributed by atoms with E-state index >= 15 is 0 Å². The molecule has 0 unspecified atom stereocenters. The summed E-state index contributed by atoms with van der Waals surface area (Å²) in [7, 11) is 0. The van der Waals surface area contributed by atoms with Crippen molar-refractivity contribution in [3.63, 3.8) is 0 Å². The fourth-order valence-corrected chi connectivity index (χ4v) is 1.08. The van der Waals surface area contributed by atoms with Crippen LogP contribution in [0.1, 0.15) is 13.8 Å². The van der Waals surface area contributed by atoms with Gasteiger partial charge in [0.05, 0.1) is 6.54 Å². The standard InChI is InChI=1S/C11H13NO3/c1-7(2)12-6-11(15)8-3-4-9(13)10(14)5-8/h3-5,7,12H,6H2,1-2H3. The molecule has 4 nitrogen and oxygen atoms in total. The van der Waals surface area contributed by atoms with Crippen molar-refractivity contribution in [3.05, 3.63) is 23.8 Å². The second kappa shape index (κ2) is 4.79. The Morgan fingerprint density at radius 3 is 2.47 bits per heavy atom. The lowest BCUT2D eigenvalue weighted by Gasteiger charge is -2.08. The number of hydrogen-bond acceptors (Lipinski definition) is 4. The highest BCUT2D eigenvalue weighted by Gasteiger charge is 2.17. The first-order chi connectivity index (χ1) is 7.00. The van der Waals surface area contributed by atoms with Gasteiger partial charge in [-0.1, -0.05) is 13.8 Å². The predicted octanol–water partition coefficient (Wildman–Crippen LogP) is 0.188. The van der Waals surface area contributed by atoms with Gasteiger partial charge in [0.15, 0.2) is 5.78 Å². The van der Waals surface area contributed by atoms with Gasteiger partial charge in [-0.3, -0.25) is 14.4 Å². The molecule has 0 amide bonds. The average Bonchev–Trinajstić information content (AvgIpc) is 2.18. The van der Waals surface area contributed by atoms with Crippen LogP contribution in [-0.4, -0.2) is 29.9 Å². The SMILES string of the molecule is CC(C)NCC(=O)C1=CC(=O)C(=O)C=C1. The molecular weight excluding hydrogens is 194 g/mol. The molecule has 0 saturated heterocycles. The van der Waals surface area contributed by atoms with E-state index in [4.69, 9.17) is 0 Å². The van der Waals surface area contributed by atoms with Crippen LogP contribution in [0.25, 0.3) is 0 Å². The Morgan fingerprint density at radius 2 is 1.93 bits per heavy atom. The third-order valence-electron chi connectivity index (χ3n) is 1.94. The van der Waals surface area contributed by atoms with Crippen molar-refractivity contribution in [2.24, 2.45) is 0 Å². The molecule has 4 heteroatoms. The second-order valence-electron chi connectivity index (χ2n) is 3.62. The lowest BCUT2D eigenvalue weighted by atomic mass is 10.0. The smallest absolute Gasteiger partial charge is 0.226 e. The number of Topliss-reactive ketones (excluding diaryl/α,β-unsaturated/α-hetero) is 1. The molecule has 0 atom stereocenters. The summed E-state index contributed by atoms with van der Waals surface area (Å²) in [5.41, 5.74) is 0.285. The van der Waals surface area contributed by atoms with Gasteiger partial charge < -0.3 is 5.32 Å². The first kappa shape index (κ1) is 11.5. The van der Waals surface area contributed by atoms with Crippen molar-refractivity contribution in [1.82, 2.24) is 5.32 Å². The fraction of sp³-hybridized carbons (Fsp3) is 0.364. The molecule has 0 fully saturated rings. The lowest BCUT2D eigenvalue weighted by Crippen LogP contribution is -2.30. The number of carbonyl (C=O) groups excluding carboxylic acids is 3. The average molecular weight is 207 g/mol. The molecule has 0 spiro atoms. The molecule has 0 heterocycles. The predicted molar refractivity (Wildman–Crippen MR) is 55.4 cm³/mol. The van der Waals surface area contributed by atoms with Gasteiger partial charge >= 0.3 is 0 Å². The zero-order valence-corrected chi connectivity index (χ0v) is 8.74. The molecule has 0 aliphatic heterocycles. The van der Waals surface area contributed by atoms with Gasteiger partial charge in [0.2, 0.25) is 11.6 Å². The van der Waals surface area contributed by atoms with Crippen molar-refractivity contribution >= 4 is 17.3 Å². The Bertz CT molecular complexity index is 364. The van der Waals surface area contributed by atoms with Gasteiger partial charge in [-0.2, -0.15) is 0 Å². The van der Waals surface area contributed by atoms with Gasteiger partial charge in [-0.25, -0.2) is 0 Å². The molecule has 15 heavy (non-hydrogen) atoms. The summed E-state index contributed by atoms with van der Waals surface area (Å²) in [6.45, 7) is 4.02. The molecule has 1 aliphatic carbocycles. The minimum Gasteiger partial charge on any atom is -0.307 e. The topological polar surface area (TPSA) is 63.2 Å². The Kier molecular flexibility index (Phi) is 3.68. The summed E-state index contributed by atoms with van der Waals surface area (Å²) in [6.07, 6.45) is 3.60. The molecule has 0 aromatic carbocycles. The van der Waals surface area contributed by atoms with Crippen LogP contribution in [-0.2, 0) is 14.4 Å². The minimum absolute atomic E-state index is 0.176. The molecule has 0 aromatic heterocycles. The minimum atomic E-state index is -0.634. The van der Waals surface area contributed by atoms with E-state index in [1.54, 1.807) is 0 Å². The van der Waals surface area contributed by atoms with Gasteiger partial charge in [0.25, 0.3) is 0 Å². The molecular formula is C11H13NO3. The number of rotatable bonds is 4. The van der Waals surface area contributed by atoms with E-state index in [-0.39, 0.29) is 23.9 Å². The van der Waals surface area contributed by atoms with E-state index in [1.807, 2.05) is 13.8 Å². The van der Waals surface area contributed by atoms with Crippen LogP contribution in [0.4, 0.5) is 0 Å². The van der Waals surface area contributed by atoms with E-state index in [0.29, 0.717) is 0 Å². The summed E-state index contributed by atoms with van der Waals surface area (Å²) in [5, 5.41) is 2.95. The van der Waals surface area contributed by atoms with Gasteiger partial charge in [0, 0.05) is 17.7 Å². The second-order valence-corrected chi connectivity index (χ2v) is 3.62. The van der Waals surface area contributed by atoms with E-state index < -0.39 is 11.6 Å². The van der Waals surface area contributed by atoms with E-state index in [2.05, 4.69) is 5.32 Å². The Labute approximate surface area is 88.0 Å². The highest BCUT2D eigenvalue weighted by Crippen LogP contribution is 2.05. The first-order valence-corrected chi connectivity index (χ1v) is 4.75. The molecule has 1 N–H and O–H groups in total. The summed E-state index contributed by atoms with van der Waals surface area (Å²) in [6, 6.07) is 0.208. The number of carbonyl (C=O) groups is 3. The third kappa shape index (κ3) is 3.25. The molecule has 80 valence electrons. The fourth-order valence-electron chi connectivity index (χ4n) is 1.08. The highest BCUT2D eigenvalue weighted by atomic mass is 16.2. The summed E-state index contributed by atoms with van der Waals surface area (Å²) < 4.78 is 0. The zero-order chi connectivity index (χ0) is 11.4. The molecule has 0 aromatic rings. The number of hydrogen-bond donors (Lipinski definition) is 1. The normalized spacial score (nSPS) is 15.8. The number of nitrogens with one attached hydrogen (secondary N) is 1. The number of allylic oxidation sites excluding steroid dienone is 3. The van der Waals surface area contributed by atoms with Crippen LogP contribution < -0.4 is 5.32 Å². The maximum Gasteiger partial charge on any atom is 0.226 e. The van der Waals surface area contributed by atoms with Gasteiger partial charge in [0.1, 0.15) is 0 Å². The van der Waals surface area contributed by atoms with Crippen molar-refractivity contribution in [2.75, 3.05) is 6.54 Å². The molecule has 0 radical (unpaired) electrons. The van der Waals surface area contributed by atoms with E-state index in [0.717, 1.165) is 12.2 Å². The van der Waals surface area contributed by atoms with Crippen LogP contribution in [0, 0.1) is 0 Å².